The van der Waals surface area contributed by atoms with E-state index in [0.717, 1.165) is 12.8 Å². The summed E-state index contributed by atoms with van der Waals surface area (Å²) >= 11 is 0. The number of rotatable bonds is 3. The molecule has 0 aromatic heterocycles. The van der Waals surface area contributed by atoms with E-state index in [4.69, 9.17) is 0 Å². The summed E-state index contributed by atoms with van der Waals surface area (Å²) in [4.78, 5) is 11.3. The van der Waals surface area contributed by atoms with E-state index < -0.39 is 0 Å². The zero-order chi connectivity index (χ0) is 11.0. The first-order valence-corrected chi connectivity index (χ1v) is 6.41. The number of hydrogen-bond donors (Lipinski definition) is 0. The van der Waals surface area contributed by atoms with E-state index in [0.29, 0.717) is 5.92 Å². The first kappa shape index (κ1) is 10.1. The van der Waals surface area contributed by atoms with E-state index in [-0.39, 0.29) is 5.41 Å². The molecule has 0 amide bonds. The predicted molar refractivity (Wildman–Crippen MR) is 64.6 cm³/mol. The third-order valence-electron chi connectivity index (χ3n) is 4.31. The van der Waals surface area contributed by atoms with Crippen LogP contribution >= 0.6 is 0 Å². The molecular formula is C15H18O. The number of carbonyl (C=O) groups excluding carboxylic acids is 1. The van der Waals surface area contributed by atoms with Crippen molar-refractivity contribution in [3.63, 3.8) is 0 Å². The Kier molecular flexibility index (Phi) is 2.34. The molecule has 16 heavy (non-hydrogen) atoms. The second-order valence-electron chi connectivity index (χ2n) is 5.34. The van der Waals surface area contributed by atoms with Crippen molar-refractivity contribution in [2.45, 2.75) is 49.9 Å². The number of benzene rings is 1. The van der Waals surface area contributed by atoms with Crippen LogP contribution in [0.2, 0.25) is 0 Å². The molecule has 0 N–H and O–H groups in total. The van der Waals surface area contributed by atoms with Crippen molar-refractivity contribution < 1.29 is 4.79 Å². The lowest BCUT2D eigenvalue weighted by Gasteiger charge is -2.18. The van der Waals surface area contributed by atoms with Crippen molar-refractivity contribution in [1.82, 2.24) is 0 Å². The molecule has 2 aliphatic rings. The van der Waals surface area contributed by atoms with Gasteiger partial charge >= 0.3 is 0 Å². The fourth-order valence-electron chi connectivity index (χ4n) is 3.13. The van der Waals surface area contributed by atoms with Gasteiger partial charge < -0.3 is 4.79 Å². The van der Waals surface area contributed by atoms with Crippen LogP contribution in [0.4, 0.5) is 0 Å². The van der Waals surface area contributed by atoms with Gasteiger partial charge in [-0.05, 0) is 42.7 Å². The summed E-state index contributed by atoms with van der Waals surface area (Å²) in [6, 6.07) is 8.62. The van der Waals surface area contributed by atoms with Gasteiger partial charge in [-0.25, -0.2) is 0 Å². The Morgan fingerprint density at radius 1 is 1.12 bits per heavy atom. The molecule has 3 rings (SSSR count). The maximum Gasteiger partial charge on any atom is 0.130 e. The summed E-state index contributed by atoms with van der Waals surface area (Å²) in [5.41, 5.74) is 2.70. The van der Waals surface area contributed by atoms with E-state index in [2.05, 4.69) is 24.3 Å². The molecule has 84 valence electrons. The average Bonchev–Trinajstić information content (AvgIpc) is 2.95. The van der Waals surface area contributed by atoms with Crippen LogP contribution in [0.5, 0.6) is 0 Å². The summed E-state index contributed by atoms with van der Waals surface area (Å²) in [6.07, 6.45) is 8.62. The molecule has 1 aromatic carbocycles. The lowest BCUT2D eigenvalue weighted by Crippen LogP contribution is -2.12. The molecule has 0 aliphatic heterocycles. The molecular weight excluding hydrogens is 196 g/mol. The lowest BCUT2D eigenvalue weighted by atomic mass is 9.85. The maximum atomic E-state index is 11.3. The smallest absolute Gasteiger partial charge is 0.130 e. The normalized spacial score (nSPS) is 23.2. The molecule has 0 atom stereocenters. The van der Waals surface area contributed by atoms with Gasteiger partial charge in [-0.2, -0.15) is 0 Å². The third kappa shape index (κ3) is 1.50. The Morgan fingerprint density at radius 3 is 2.44 bits per heavy atom. The van der Waals surface area contributed by atoms with Gasteiger partial charge in [0.15, 0.2) is 0 Å². The lowest BCUT2D eigenvalue weighted by molar-refractivity contribution is -0.109. The van der Waals surface area contributed by atoms with E-state index in [9.17, 15) is 4.79 Å². The number of hydrogen-bond acceptors (Lipinski definition) is 1. The first-order valence-electron chi connectivity index (χ1n) is 6.41. The van der Waals surface area contributed by atoms with Gasteiger partial charge in [0, 0.05) is 0 Å². The first-order chi connectivity index (χ1) is 7.86. The van der Waals surface area contributed by atoms with Crippen molar-refractivity contribution in [3.8, 4) is 0 Å². The third-order valence-corrected chi connectivity index (χ3v) is 4.31. The largest absolute Gasteiger partial charge is 0.302 e. The molecule has 1 heteroatoms. The minimum absolute atomic E-state index is 0.0980. The van der Waals surface area contributed by atoms with Crippen LogP contribution in [0.3, 0.4) is 0 Å². The average molecular weight is 214 g/mol. The van der Waals surface area contributed by atoms with E-state index >= 15 is 0 Å². The molecule has 0 radical (unpaired) electrons. The van der Waals surface area contributed by atoms with Crippen LogP contribution in [-0.4, -0.2) is 6.29 Å². The maximum absolute atomic E-state index is 11.3. The molecule has 2 aliphatic carbocycles. The summed E-state index contributed by atoms with van der Waals surface area (Å²) < 4.78 is 0. The van der Waals surface area contributed by atoms with Crippen molar-refractivity contribution in [2.75, 3.05) is 0 Å². The standard InChI is InChI=1S/C15H18O/c16-11-15(9-10-15)14-8-4-3-7-13(14)12-5-1-2-6-12/h3-4,7-8,11-12H,1-2,5-6,9-10H2. The van der Waals surface area contributed by atoms with Crippen LogP contribution in [0.1, 0.15) is 55.6 Å². The Bertz CT molecular complexity index is 398. The van der Waals surface area contributed by atoms with Gasteiger partial charge in [0.25, 0.3) is 0 Å². The Balaban J connectivity index is 2.00. The van der Waals surface area contributed by atoms with Gasteiger partial charge in [0.2, 0.25) is 0 Å². The quantitative estimate of drug-likeness (QED) is 0.703. The van der Waals surface area contributed by atoms with Gasteiger partial charge in [-0.15, -0.1) is 0 Å². The van der Waals surface area contributed by atoms with E-state index in [1.807, 2.05) is 0 Å². The summed E-state index contributed by atoms with van der Waals surface area (Å²) in [6.45, 7) is 0. The highest BCUT2D eigenvalue weighted by atomic mass is 16.1. The van der Waals surface area contributed by atoms with Crippen molar-refractivity contribution >= 4 is 6.29 Å². The summed E-state index contributed by atoms with van der Waals surface area (Å²) in [7, 11) is 0. The van der Waals surface area contributed by atoms with Crippen molar-refractivity contribution in [3.05, 3.63) is 35.4 Å². The molecule has 0 heterocycles. The van der Waals surface area contributed by atoms with Crippen molar-refractivity contribution in [2.24, 2.45) is 0 Å². The monoisotopic (exact) mass is 214 g/mol. The molecule has 0 unspecified atom stereocenters. The van der Waals surface area contributed by atoms with Crippen LogP contribution in [0.25, 0.3) is 0 Å². The highest BCUT2D eigenvalue weighted by Gasteiger charge is 2.46. The zero-order valence-corrected chi connectivity index (χ0v) is 9.61. The van der Waals surface area contributed by atoms with E-state index in [1.54, 1.807) is 0 Å². The molecule has 0 spiro atoms. The van der Waals surface area contributed by atoms with E-state index in [1.165, 1.54) is 43.1 Å². The fraction of sp³-hybridized carbons (Fsp3) is 0.533. The molecule has 0 bridgehead atoms. The van der Waals surface area contributed by atoms with Crippen LogP contribution in [0.15, 0.2) is 24.3 Å². The molecule has 1 nitrogen and oxygen atoms in total. The number of carbonyl (C=O) groups is 1. The fourth-order valence-corrected chi connectivity index (χ4v) is 3.13. The summed E-state index contributed by atoms with van der Waals surface area (Å²) in [5, 5.41) is 0. The van der Waals surface area contributed by atoms with Crippen molar-refractivity contribution in [1.29, 1.82) is 0 Å². The highest BCUT2D eigenvalue weighted by molar-refractivity contribution is 5.74. The van der Waals surface area contributed by atoms with Gasteiger partial charge in [-0.1, -0.05) is 37.1 Å². The minimum atomic E-state index is -0.0980. The molecule has 2 saturated carbocycles. The topological polar surface area (TPSA) is 17.1 Å². The predicted octanol–water partition coefficient (Wildman–Crippen LogP) is 3.57. The van der Waals surface area contributed by atoms with Gasteiger partial charge in [0.05, 0.1) is 5.41 Å². The molecule has 0 saturated heterocycles. The SMILES string of the molecule is O=CC1(c2ccccc2C2CCCC2)CC1. The Hall–Kier alpha value is -1.11. The Labute approximate surface area is 96.9 Å². The molecule has 2 fully saturated rings. The Morgan fingerprint density at radius 2 is 1.81 bits per heavy atom. The minimum Gasteiger partial charge on any atom is -0.302 e. The van der Waals surface area contributed by atoms with Crippen LogP contribution < -0.4 is 0 Å². The molecule has 1 aromatic rings. The highest BCUT2D eigenvalue weighted by Crippen LogP contribution is 2.50. The zero-order valence-electron chi connectivity index (χ0n) is 9.61. The summed E-state index contributed by atoms with van der Waals surface area (Å²) in [5.74, 6) is 0.716. The van der Waals surface area contributed by atoms with Crippen LogP contribution in [0, 0.1) is 0 Å². The second kappa shape index (κ2) is 3.73. The second-order valence-corrected chi connectivity index (χ2v) is 5.34. The van der Waals surface area contributed by atoms with Gasteiger partial charge in [0.1, 0.15) is 6.29 Å². The number of aldehydes is 1. The van der Waals surface area contributed by atoms with Gasteiger partial charge in [-0.3, -0.25) is 0 Å². The van der Waals surface area contributed by atoms with Crippen LogP contribution in [-0.2, 0) is 10.2 Å².